The Morgan fingerprint density at radius 3 is 2.36 bits per heavy atom. The van der Waals surface area contributed by atoms with Gasteiger partial charge in [-0.3, -0.25) is 10.2 Å². The molecule has 0 aliphatic carbocycles. The highest BCUT2D eigenvalue weighted by atomic mass is 35.5. The van der Waals surface area contributed by atoms with Crippen LogP contribution in [0, 0.1) is 0 Å². The van der Waals surface area contributed by atoms with Gasteiger partial charge in [-0.1, -0.05) is 23.7 Å². The van der Waals surface area contributed by atoms with Gasteiger partial charge in [-0.2, -0.15) is 0 Å². The fourth-order valence-corrected chi connectivity index (χ4v) is 3.63. The summed E-state index contributed by atoms with van der Waals surface area (Å²) in [5.74, 6) is -0.612. The normalized spacial score (nSPS) is 15.6. The lowest BCUT2D eigenvalue weighted by Gasteiger charge is -2.42. The molecule has 1 saturated heterocycles. The van der Waals surface area contributed by atoms with Crippen LogP contribution in [0.3, 0.4) is 0 Å². The van der Waals surface area contributed by atoms with Crippen molar-refractivity contribution in [3.05, 3.63) is 76.9 Å². The number of urea groups is 2. The fraction of sp³-hybridized carbons (Fsp3) is 0.208. The van der Waals surface area contributed by atoms with E-state index < -0.39 is 24.3 Å². The minimum atomic E-state index is -1.18. The van der Waals surface area contributed by atoms with Crippen molar-refractivity contribution in [3.8, 4) is 11.6 Å². The standard InChI is InChI=1S/C24H23ClN6O5/c1-14(2)31-23(34)27-22(30(24(31)35)13-15-3-5-16(25)6-4-15)26-17-7-9-18(10-8-17)36-20-12-11-19(21(32)33)28-29-20/h3-12,14,22,26H,13H2,1-2H3,(H,27,34)(H,32,33). The van der Waals surface area contributed by atoms with E-state index in [0.717, 1.165) is 5.56 Å². The maximum atomic E-state index is 13.2. The molecular weight excluding hydrogens is 488 g/mol. The number of nitrogens with zero attached hydrogens (tertiary/aromatic N) is 4. The van der Waals surface area contributed by atoms with Gasteiger partial charge < -0.3 is 15.2 Å². The third kappa shape index (κ3) is 5.63. The van der Waals surface area contributed by atoms with E-state index in [4.69, 9.17) is 21.4 Å². The number of anilines is 1. The first-order valence-electron chi connectivity index (χ1n) is 11.0. The molecular formula is C24H23ClN6O5. The van der Waals surface area contributed by atoms with Crippen molar-refractivity contribution in [3.63, 3.8) is 0 Å². The number of carboxylic acids is 1. The molecule has 12 heteroatoms. The van der Waals surface area contributed by atoms with Crippen molar-refractivity contribution in [1.82, 2.24) is 25.3 Å². The van der Waals surface area contributed by atoms with Crippen molar-refractivity contribution in [2.75, 3.05) is 5.32 Å². The Balaban J connectivity index is 1.49. The highest BCUT2D eigenvalue weighted by molar-refractivity contribution is 6.30. The SMILES string of the molecule is CC(C)N1C(=O)NC(Nc2ccc(Oc3ccc(C(=O)O)nn3)cc2)N(Cc2ccc(Cl)cc2)C1=O. The first kappa shape index (κ1) is 24.7. The molecule has 4 rings (SSSR count). The summed E-state index contributed by atoms with van der Waals surface area (Å²) in [6.07, 6.45) is -0.808. The summed E-state index contributed by atoms with van der Waals surface area (Å²) in [7, 11) is 0. The molecule has 4 amide bonds. The van der Waals surface area contributed by atoms with Crippen LogP contribution in [-0.2, 0) is 6.54 Å². The van der Waals surface area contributed by atoms with Crippen LogP contribution in [0.25, 0.3) is 0 Å². The van der Waals surface area contributed by atoms with Crippen LogP contribution in [0.2, 0.25) is 5.02 Å². The van der Waals surface area contributed by atoms with E-state index in [-0.39, 0.29) is 24.2 Å². The lowest BCUT2D eigenvalue weighted by molar-refractivity contribution is 0.0688. The maximum Gasteiger partial charge on any atom is 0.356 e. The van der Waals surface area contributed by atoms with E-state index in [2.05, 4.69) is 20.8 Å². The lowest BCUT2D eigenvalue weighted by Crippen LogP contribution is -2.68. The molecule has 1 unspecified atom stereocenters. The number of amides is 4. The van der Waals surface area contributed by atoms with E-state index in [0.29, 0.717) is 16.5 Å². The summed E-state index contributed by atoms with van der Waals surface area (Å²) in [5, 5.41) is 22.8. The summed E-state index contributed by atoms with van der Waals surface area (Å²) >= 11 is 5.99. The smallest absolute Gasteiger partial charge is 0.356 e. The molecule has 0 bridgehead atoms. The molecule has 0 radical (unpaired) electrons. The Morgan fingerprint density at radius 2 is 1.78 bits per heavy atom. The number of rotatable bonds is 8. The fourth-order valence-electron chi connectivity index (χ4n) is 3.50. The van der Waals surface area contributed by atoms with Gasteiger partial charge in [0.1, 0.15) is 5.75 Å². The van der Waals surface area contributed by atoms with E-state index in [1.54, 1.807) is 50.2 Å². The van der Waals surface area contributed by atoms with Crippen LogP contribution in [0.1, 0.15) is 29.9 Å². The monoisotopic (exact) mass is 510 g/mol. The van der Waals surface area contributed by atoms with E-state index >= 15 is 0 Å². The highest BCUT2D eigenvalue weighted by Crippen LogP contribution is 2.24. The number of carbonyl (C=O) groups is 3. The number of hydrogen-bond donors (Lipinski definition) is 3. The lowest BCUT2D eigenvalue weighted by atomic mass is 10.2. The number of carboxylic acid groups (broad SMARTS) is 1. The van der Waals surface area contributed by atoms with Gasteiger partial charge in [-0.25, -0.2) is 19.3 Å². The predicted octanol–water partition coefficient (Wildman–Crippen LogP) is 4.37. The van der Waals surface area contributed by atoms with Crippen LogP contribution in [0.5, 0.6) is 11.6 Å². The Hall–Kier alpha value is -4.38. The summed E-state index contributed by atoms with van der Waals surface area (Å²) in [6.45, 7) is 3.78. The first-order chi connectivity index (χ1) is 17.2. The van der Waals surface area contributed by atoms with Crippen LogP contribution in [0.15, 0.2) is 60.7 Å². The molecule has 11 nitrogen and oxygen atoms in total. The quantitative estimate of drug-likeness (QED) is 0.406. The number of benzene rings is 2. The van der Waals surface area contributed by atoms with Crippen molar-refractivity contribution < 1.29 is 24.2 Å². The average molecular weight is 511 g/mol. The van der Waals surface area contributed by atoms with Gasteiger partial charge >= 0.3 is 18.0 Å². The number of aromatic nitrogens is 2. The summed E-state index contributed by atoms with van der Waals surface area (Å²) in [6, 6.07) is 15.3. The van der Waals surface area contributed by atoms with Gasteiger partial charge in [0.25, 0.3) is 0 Å². The molecule has 1 aliphatic heterocycles. The van der Waals surface area contributed by atoms with E-state index in [1.807, 2.05) is 12.1 Å². The second-order valence-electron chi connectivity index (χ2n) is 8.19. The van der Waals surface area contributed by atoms with Crippen LogP contribution in [0.4, 0.5) is 15.3 Å². The molecule has 3 N–H and O–H groups in total. The van der Waals surface area contributed by atoms with Gasteiger partial charge in [-0.05, 0) is 61.9 Å². The summed E-state index contributed by atoms with van der Waals surface area (Å²) < 4.78 is 5.60. The number of halogens is 1. The minimum Gasteiger partial charge on any atom is -0.476 e. The molecule has 0 spiro atoms. The van der Waals surface area contributed by atoms with Gasteiger partial charge in [-0.15, -0.1) is 10.2 Å². The predicted molar refractivity (Wildman–Crippen MR) is 131 cm³/mol. The molecule has 2 heterocycles. The maximum absolute atomic E-state index is 13.2. The van der Waals surface area contributed by atoms with Gasteiger partial charge in [0.15, 0.2) is 12.0 Å². The van der Waals surface area contributed by atoms with Crippen molar-refractivity contribution in [2.24, 2.45) is 0 Å². The van der Waals surface area contributed by atoms with Crippen LogP contribution in [-0.4, -0.2) is 55.5 Å². The second kappa shape index (κ2) is 10.5. The number of imide groups is 1. The summed E-state index contributed by atoms with van der Waals surface area (Å²) in [5.41, 5.74) is 1.27. The van der Waals surface area contributed by atoms with Crippen molar-refractivity contribution >= 4 is 35.3 Å². The minimum absolute atomic E-state index is 0.133. The number of nitrogens with one attached hydrogen (secondary N) is 2. The zero-order valence-corrected chi connectivity index (χ0v) is 20.1. The highest BCUT2D eigenvalue weighted by Gasteiger charge is 2.39. The number of carbonyl (C=O) groups excluding carboxylic acids is 2. The topological polar surface area (TPSA) is 137 Å². The number of aromatic carboxylic acids is 1. The molecule has 1 atom stereocenters. The zero-order chi connectivity index (χ0) is 25.8. The van der Waals surface area contributed by atoms with Gasteiger partial charge in [0.05, 0.1) is 6.54 Å². The molecule has 36 heavy (non-hydrogen) atoms. The van der Waals surface area contributed by atoms with Crippen LogP contribution >= 0.6 is 11.6 Å². The molecule has 0 saturated carbocycles. The van der Waals surface area contributed by atoms with Crippen LogP contribution < -0.4 is 15.4 Å². The van der Waals surface area contributed by atoms with Crippen molar-refractivity contribution in [1.29, 1.82) is 0 Å². The Kier molecular flexibility index (Phi) is 7.20. The average Bonchev–Trinajstić information content (AvgIpc) is 2.84. The van der Waals surface area contributed by atoms with Crippen molar-refractivity contribution in [2.45, 2.75) is 32.7 Å². The second-order valence-corrected chi connectivity index (χ2v) is 8.62. The molecule has 3 aromatic rings. The first-order valence-corrected chi connectivity index (χ1v) is 11.4. The number of ether oxygens (including phenoxy) is 1. The Labute approximate surface area is 211 Å². The van der Waals surface area contributed by atoms with Gasteiger partial charge in [0.2, 0.25) is 5.88 Å². The largest absolute Gasteiger partial charge is 0.476 e. The molecule has 186 valence electrons. The zero-order valence-electron chi connectivity index (χ0n) is 19.4. The number of hydrogen-bond acceptors (Lipinski definition) is 7. The van der Waals surface area contributed by atoms with E-state index in [9.17, 15) is 14.4 Å². The molecule has 1 fully saturated rings. The third-order valence-electron chi connectivity index (χ3n) is 5.26. The third-order valence-corrected chi connectivity index (χ3v) is 5.52. The summed E-state index contributed by atoms with van der Waals surface area (Å²) in [4.78, 5) is 39.5. The molecule has 2 aromatic carbocycles. The Bertz CT molecular complexity index is 1250. The van der Waals surface area contributed by atoms with Gasteiger partial charge in [0, 0.05) is 22.8 Å². The molecule has 1 aromatic heterocycles. The molecule has 1 aliphatic rings. The van der Waals surface area contributed by atoms with E-state index in [1.165, 1.54) is 21.9 Å². The Morgan fingerprint density at radius 1 is 1.08 bits per heavy atom.